The van der Waals surface area contributed by atoms with E-state index in [9.17, 15) is 0 Å². The third-order valence-corrected chi connectivity index (χ3v) is 5.23. The lowest BCUT2D eigenvalue weighted by molar-refractivity contribution is 0.0477. The van der Waals surface area contributed by atoms with Crippen molar-refractivity contribution in [3.05, 3.63) is 36.2 Å². The quantitative estimate of drug-likeness (QED) is 0.815. The Morgan fingerprint density at radius 1 is 1.23 bits per heavy atom. The van der Waals surface area contributed by atoms with Crippen LogP contribution in [0.1, 0.15) is 24.2 Å². The number of imidazole rings is 1. The summed E-state index contributed by atoms with van der Waals surface area (Å²) in [6, 6.07) is 2.35. The number of ether oxygens (including phenoxy) is 2. The summed E-state index contributed by atoms with van der Waals surface area (Å²) in [5, 5.41) is 0. The summed E-state index contributed by atoms with van der Waals surface area (Å²) in [5.41, 5.74) is 2.21. The van der Waals surface area contributed by atoms with Crippen molar-refractivity contribution in [2.75, 3.05) is 32.9 Å². The zero-order chi connectivity index (χ0) is 17.8. The van der Waals surface area contributed by atoms with E-state index in [1.807, 2.05) is 25.5 Å². The van der Waals surface area contributed by atoms with Gasteiger partial charge < -0.3 is 14.0 Å². The van der Waals surface area contributed by atoms with Crippen LogP contribution >= 0.6 is 0 Å². The average Bonchev–Trinajstić information content (AvgIpc) is 3.00. The van der Waals surface area contributed by atoms with E-state index < -0.39 is 0 Å². The summed E-state index contributed by atoms with van der Waals surface area (Å²) in [4.78, 5) is 15.5. The van der Waals surface area contributed by atoms with E-state index in [4.69, 9.17) is 9.47 Å². The van der Waals surface area contributed by atoms with Crippen LogP contribution in [0.4, 0.5) is 0 Å². The average molecular weight is 357 g/mol. The van der Waals surface area contributed by atoms with Crippen molar-refractivity contribution < 1.29 is 9.47 Å². The normalized spacial score (nSPS) is 22.0. The summed E-state index contributed by atoms with van der Waals surface area (Å²) >= 11 is 0. The maximum atomic E-state index is 5.91. The Bertz CT molecular complexity index is 713. The van der Waals surface area contributed by atoms with Crippen molar-refractivity contribution >= 4 is 0 Å². The van der Waals surface area contributed by atoms with Crippen molar-refractivity contribution in [1.82, 2.24) is 24.4 Å². The zero-order valence-corrected chi connectivity index (χ0v) is 15.4. The minimum Gasteiger partial charge on any atom is -0.463 e. The van der Waals surface area contributed by atoms with E-state index in [-0.39, 0.29) is 0 Å². The summed E-state index contributed by atoms with van der Waals surface area (Å²) in [7, 11) is 0. The number of hydrogen-bond donors (Lipinski definition) is 0. The van der Waals surface area contributed by atoms with Crippen LogP contribution in [0.2, 0.25) is 0 Å². The van der Waals surface area contributed by atoms with Crippen LogP contribution in [0.5, 0.6) is 6.01 Å². The Hall–Kier alpha value is -1.99. The van der Waals surface area contributed by atoms with Crippen molar-refractivity contribution in [3.8, 4) is 6.01 Å². The lowest BCUT2D eigenvalue weighted by Crippen LogP contribution is -2.36. The number of rotatable bonds is 5. The molecule has 0 aromatic carbocycles. The summed E-state index contributed by atoms with van der Waals surface area (Å²) in [5.74, 6) is 1.11. The molecule has 2 aliphatic rings. The van der Waals surface area contributed by atoms with Crippen molar-refractivity contribution in [2.24, 2.45) is 11.8 Å². The monoisotopic (exact) mass is 357 g/mol. The van der Waals surface area contributed by atoms with Crippen LogP contribution in [-0.2, 0) is 17.8 Å². The molecule has 4 heterocycles. The van der Waals surface area contributed by atoms with E-state index in [0.717, 1.165) is 63.8 Å². The molecule has 0 N–H and O–H groups in total. The van der Waals surface area contributed by atoms with E-state index in [2.05, 4.69) is 24.4 Å². The Balaban J connectivity index is 1.41. The standard InChI is InChI=1S/C19H27N5O2/c1-15-2-5-21-19(22-15)26-13-17-10-23(9-16-3-6-25-7-4-16)12-18-8-20-14-24(18)11-17/h2,5,8,14,16-17H,3-4,6-7,9-13H2,1H3/t17-/m1/s1. The van der Waals surface area contributed by atoms with E-state index in [0.29, 0.717) is 18.5 Å². The molecule has 0 bridgehead atoms. The lowest BCUT2D eigenvalue weighted by atomic mass is 9.99. The highest BCUT2D eigenvalue weighted by Gasteiger charge is 2.25. The molecule has 1 fully saturated rings. The lowest BCUT2D eigenvalue weighted by Gasteiger charge is -2.30. The first-order chi connectivity index (χ1) is 12.8. The van der Waals surface area contributed by atoms with E-state index in [1.54, 1.807) is 6.20 Å². The molecule has 7 nitrogen and oxygen atoms in total. The van der Waals surface area contributed by atoms with Crippen molar-refractivity contribution in [1.29, 1.82) is 0 Å². The Labute approximate surface area is 154 Å². The highest BCUT2D eigenvalue weighted by atomic mass is 16.5. The molecular formula is C19H27N5O2. The smallest absolute Gasteiger partial charge is 0.316 e. The van der Waals surface area contributed by atoms with Crippen LogP contribution in [0.3, 0.4) is 0 Å². The van der Waals surface area contributed by atoms with Gasteiger partial charge >= 0.3 is 6.01 Å². The van der Waals surface area contributed by atoms with Gasteiger partial charge in [-0.3, -0.25) is 4.90 Å². The molecule has 2 aromatic heterocycles. The number of nitrogens with zero attached hydrogens (tertiary/aromatic N) is 5. The first-order valence-electron chi connectivity index (χ1n) is 9.48. The molecule has 0 spiro atoms. The Kier molecular flexibility index (Phi) is 5.45. The fourth-order valence-corrected chi connectivity index (χ4v) is 3.87. The van der Waals surface area contributed by atoms with Gasteiger partial charge in [-0.15, -0.1) is 0 Å². The second-order valence-corrected chi connectivity index (χ2v) is 7.44. The van der Waals surface area contributed by atoms with E-state index >= 15 is 0 Å². The summed E-state index contributed by atoms with van der Waals surface area (Å²) in [6.07, 6.45) is 7.99. The Morgan fingerprint density at radius 3 is 2.96 bits per heavy atom. The first-order valence-corrected chi connectivity index (χ1v) is 9.48. The second-order valence-electron chi connectivity index (χ2n) is 7.44. The molecule has 0 amide bonds. The van der Waals surface area contributed by atoms with Gasteiger partial charge in [0.1, 0.15) is 0 Å². The van der Waals surface area contributed by atoms with Gasteiger partial charge in [0, 0.05) is 63.4 Å². The third kappa shape index (κ3) is 4.40. The summed E-state index contributed by atoms with van der Waals surface area (Å²) < 4.78 is 13.7. The van der Waals surface area contributed by atoms with Gasteiger partial charge in [0.2, 0.25) is 0 Å². The molecular weight excluding hydrogens is 330 g/mol. The fraction of sp³-hybridized carbons (Fsp3) is 0.632. The molecule has 26 heavy (non-hydrogen) atoms. The number of aromatic nitrogens is 4. The highest BCUT2D eigenvalue weighted by Crippen LogP contribution is 2.22. The molecule has 0 aliphatic carbocycles. The van der Waals surface area contributed by atoms with Crippen molar-refractivity contribution in [2.45, 2.75) is 32.9 Å². The summed E-state index contributed by atoms with van der Waals surface area (Å²) in [6.45, 7) is 8.37. The Morgan fingerprint density at radius 2 is 2.12 bits per heavy atom. The number of hydrogen-bond acceptors (Lipinski definition) is 6. The van der Waals surface area contributed by atoms with Gasteiger partial charge in [0.15, 0.2) is 0 Å². The molecule has 2 aliphatic heterocycles. The maximum Gasteiger partial charge on any atom is 0.316 e. The van der Waals surface area contributed by atoms with Gasteiger partial charge in [-0.05, 0) is 31.7 Å². The minimum absolute atomic E-state index is 0.384. The largest absolute Gasteiger partial charge is 0.463 e. The molecule has 0 radical (unpaired) electrons. The molecule has 2 aromatic rings. The topological polar surface area (TPSA) is 65.3 Å². The molecule has 4 rings (SSSR count). The minimum atomic E-state index is 0.384. The first kappa shape index (κ1) is 17.4. The van der Waals surface area contributed by atoms with Crippen LogP contribution in [0.25, 0.3) is 0 Å². The fourth-order valence-electron chi connectivity index (χ4n) is 3.87. The number of fused-ring (bicyclic) bond motifs is 1. The maximum absolute atomic E-state index is 5.91. The SMILES string of the molecule is Cc1ccnc(OC[C@@H]2CN(CC3CCOCC3)Cc3cncn3C2)n1. The molecule has 0 saturated carbocycles. The van der Waals surface area contributed by atoms with E-state index in [1.165, 1.54) is 5.69 Å². The van der Waals surface area contributed by atoms with Gasteiger partial charge in [-0.1, -0.05) is 0 Å². The van der Waals surface area contributed by atoms with Crippen molar-refractivity contribution in [3.63, 3.8) is 0 Å². The van der Waals surface area contributed by atoms with Gasteiger partial charge in [0.25, 0.3) is 0 Å². The molecule has 1 atom stereocenters. The molecule has 1 saturated heterocycles. The van der Waals surface area contributed by atoms with Crippen LogP contribution in [-0.4, -0.2) is 57.3 Å². The highest BCUT2D eigenvalue weighted by molar-refractivity contribution is 5.04. The zero-order valence-electron chi connectivity index (χ0n) is 15.4. The van der Waals surface area contributed by atoms with Crippen LogP contribution in [0, 0.1) is 18.8 Å². The second kappa shape index (κ2) is 8.14. The van der Waals surface area contributed by atoms with Gasteiger partial charge in [-0.25, -0.2) is 15.0 Å². The predicted octanol–water partition coefficient (Wildman–Crippen LogP) is 1.92. The van der Waals surface area contributed by atoms with Gasteiger partial charge in [-0.2, -0.15) is 0 Å². The van der Waals surface area contributed by atoms with Crippen LogP contribution in [0.15, 0.2) is 24.8 Å². The van der Waals surface area contributed by atoms with Gasteiger partial charge in [0.05, 0.1) is 18.6 Å². The third-order valence-electron chi connectivity index (χ3n) is 5.23. The predicted molar refractivity (Wildman–Crippen MR) is 96.8 cm³/mol. The molecule has 7 heteroatoms. The number of aryl methyl sites for hydroxylation is 1. The molecule has 140 valence electrons. The van der Waals surface area contributed by atoms with Crippen LogP contribution < -0.4 is 4.74 Å². The molecule has 0 unspecified atom stereocenters.